The summed E-state index contributed by atoms with van der Waals surface area (Å²) in [6, 6.07) is 14.1. The van der Waals surface area contributed by atoms with Crippen LogP contribution >= 0.6 is 11.8 Å². The number of methoxy groups -OCH3 is 1. The van der Waals surface area contributed by atoms with Crippen molar-refractivity contribution < 1.29 is 9.13 Å². The predicted molar refractivity (Wildman–Crippen MR) is 92.8 cm³/mol. The lowest BCUT2D eigenvalue weighted by Gasteiger charge is -2.12. The standard InChI is InChI=1S/C17H17FN4OS/c1-11(12-7-3-5-9-14(12)18)24-17-21-20-16(22(17)19)13-8-4-6-10-15(13)23-2/h3-11H,19H2,1-2H3. The Morgan fingerprint density at radius 3 is 2.58 bits per heavy atom. The maximum atomic E-state index is 13.9. The van der Waals surface area contributed by atoms with Gasteiger partial charge in [0.05, 0.1) is 12.7 Å². The van der Waals surface area contributed by atoms with E-state index in [0.717, 1.165) is 5.56 Å². The van der Waals surface area contributed by atoms with E-state index in [1.54, 1.807) is 19.2 Å². The number of thioether (sulfide) groups is 1. The van der Waals surface area contributed by atoms with E-state index < -0.39 is 0 Å². The van der Waals surface area contributed by atoms with Crippen molar-refractivity contribution in [2.45, 2.75) is 17.3 Å². The number of rotatable bonds is 5. The van der Waals surface area contributed by atoms with Crippen LogP contribution in [0.25, 0.3) is 11.4 Å². The van der Waals surface area contributed by atoms with E-state index >= 15 is 0 Å². The zero-order chi connectivity index (χ0) is 17.1. The van der Waals surface area contributed by atoms with E-state index in [1.807, 2.05) is 37.3 Å². The predicted octanol–water partition coefficient (Wildman–Crippen LogP) is 3.66. The van der Waals surface area contributed by atoms with Gasteiger partial charge in [0.25, 0.3) is 0 Å². The highest BCUT2D eigenvalue weighted by Gasteiger charge is 2.19. The SMILES string of the molecule is COc1ccccc1-c1nnc(SC(C)c2ccccc2F)n1N. The fraction of sp³-hybridized carbons (Fsp3) is 0.176. The van der Waals surface area contributed by atoms with Crippen LogP contribution in [0, 0.1) is 5.82 Å². The Kier molecular flexibility index (Phi) is 4.71. The minimum Gasteiger partial charge on any atom is -0.496 e. The summed E-state index contributed by atoms with van der Waals surface area (Å²) in [4.78, 5) is 0. The van der Waals surface area contributed by atoms with Gasteiger partial charge in [0.2, 0.25) is 5.16 Å². The van der Waals surface area contributed by atoms with Crippen LogP contribution in [0.3, 0.4) is 0 Å². The largest absolute Gasteiger partial charge is 0.496 e. The normalized spacial score (nSPS) is 12.1. The molecular formula is C17H17FN4OS. The van der Waals surface area contributed by atoms with Crippen LogP contribution < -0.4 is 10.6 Å². The Morgan fingerprint density at radius 1 is 1.12 bits per heavy atom. The highest BCUT2D eigenvalue weighted by Crippen LogP contribution is 2.36. The molecule has 1 aromatic heterocycles. The van der Waals surface area contributed by atoms with E-state index in [4.69, 9.17) is 10.6 Å². The van der Waals surface area contributed by atoms with E-state index in [9.17, 15) is 4.39 Å². The molecule has 1 atom stereocenters. The molecule has 0 spiro atoms. The number of ether oxygens (including phenoxy) is 1. The third kappa shape index (κ3) is 3.07. The third-order valence-electron chi connectivity index (χ3n) is 3.64. The molecule has 0 aliphatic heterocycles. The summed E-state index contributed by atoms with van der Waals surface area (Å²) in [6.07, 6.45) is 0. The smallest absolute Gasteiger partial charge is 0.210 e. The highest BCUT2D eigenvalue weighted by atomic mass is 32.2. The molecule has 0 aliphatic rings. The average Bonchev–Trinajstić information content (AvgIpc) is 2.95. The van der Waals surface area contributed by atoms with Gasteiger partial charge >= 0.3 is 0 Å². The molecule has 2 N–H and O–H groups in total. The minimum atomic E-state index is -0.245. The zero-order valence-electron chi connectivity index (χ0n) is 13.3. The number of halogens is 1. The molecule has 5 nitrogen and oxygen atoms in total. The molecule has 0 aliphatic carbocycles. The van der Waals surface area contributed by atoms with Gasteiger partial charge in [-0.2, -0.15) is 0 Å². The molecule has 0 saturated carbocycles. The molecule has 1 unspecified atom stereocenters. The number of nitrogens with zero attached hydrogens (tertiary/aromatic N) is 3. The van der Waals surface area contributed by atoms with Gasteiger partial charge in [0.15, 0.2) is 5.82 Å². The van der Waals surface area contributed by atoms with Crippen LogP contribution in [0.2, 0.25) is 0 Å². The molecule has 3 rings (SSSR count). The van der Waals surface area contributed by atoms with E-state index in [2.05, 4.69) is 10.2 Å². The summed E-state index contributed by atoms with van der Waals surface area (Å²) in [5, 5.41) is 8.65. The molecule has 24 heavy (non-hydrogen) atoms. The molecule has 7 heteroatoms. The fourth-order valence-corrected chi connectivity index (χ4v) is 3.32. The van der Waals surface area contributed by atoms with Crippen molar-refractivity contribution in [2.24, 2.45) is 0 Å². The Balaban J connectivity index is 1.89. The number of aromatic nitrogens is 3. The second-order valence-corrected chi connectivity index (χ2v) is 6.47. The fourth-order valence-electron chi connectivity index (χ4n) is 2.40. The second kappa shape index (κ2) is 6.92. The van der Waals surface area contributed by atoms with Gasteiger partial charge in [0.1, 0.15) is 11.6 Å². The van der Waals surface area contributed by atoms with Crippen LogP contribution in [0.5, 0.6) is 5.75 Å². The Labute approximate surface area is 143 Å². The molecule has 0 amide bonds. The molecule has 124 valence electrons. The summed E-state index contributed by atoms with van der Waals surface area (Å²) in [5.74, 6) is 7.06. The summed E-state index contributed by atoms with van der Waals surface area (Å²) in [7, 11) is 1.59. The number of hydrogen-bond acceptors (Lipinski definition) is 5. The first-order chi connectivity index (χ1) is 11.6. The second-order valence-electron chi connectivity index (χ2n) is 5.16. The number of hydrogen-bond donors (Lipinski definition) is 1. The monoisotopic (exact) mass is 344 g/mol. The zero-order valence-corrected chi connectivity index (χ0v) is 14.1. The van der Waals surface area contributed by atoms with Gasteiger partial charge in [-0.1, -0.05) is 42.1 Å². The van der Waals surface area contributed by atoms with Crippen molar-refractivity contribution in [3.63, 3.8) is 0 Å². The summed E-state index contributed by atoms with van der Waals surface area (Å²) in [5.41, 5.74) is 1.35. The Morgan fingerprint density at radius 2 is 1.83 bits per heavy atom. The van der Waals surface area contributed by atoms with Crippen molar-refractivity contribution in [3.05, 3.63) is 59.9 Å². The first-order valence-corrected chi connectivity index (χ1v) is 8.24. The minimum absolute atomic E-state index is 0.150. The number of benzene rings is 2. The molecule has 2 aromatic carbocycles. The molecule has 0 fully saturated rings. The average molecular weight is 344 g/mol. The summed E-state index contributed by atoms with van der Waals surface area (Å²) >= 11 is 1.35. The third-order valence-corrected chi connectivity index (χ3v) is 4.73. The molecule has 3 aromatic rings. The van der Waals surface area contributed by atoms with Crippen LogP contribution in [0.4, 0.5) is 4.39 Å². The van der Waals surface area contributed by atoms with Crippen LogP contribution in [0.15, 0.2) is 53.7 Å². The first-order valence-electron chi connectivity index (χ1n) is 7.36. The van der Waals surface area contributed by atoms with Crippen LogP contribution in [-0.2, 0) is 0 Å². The Hall–Kier alpha value is -2.54. The van der Waals surface area contributed by atoms with Gasteiger partial charge in [0, 0.05) is 10.8 Å². The van der Waals surface area contributed by atoms with Gasteiger partial charge in [-0.3, -0.25) is 0 Å². The van der Waals surface area contributed by atoms with Crippen molar-refractivity contribution in [1.82, 2.24) is 14.9 Å². The van der Waals surface area contributed by atoms with Crippen LogP contribution in [-0.4, -0.2) is 22.0 Å². The topological polar surface area (TPSA) is 66.0 Å². The quantitative estimate of drug-likeness (QED) is 0.565. The van der Waals surface area contributed by atoms with E-state index in [1.165, 1.54) is 22.5 Å². The lowest BCUT2D eigenvalue weighted by atomic mass is 10.1. The first kappa shape index (κ1) is 16.3. The Bertz CT molecular complexity index is 852. The molecule has 0 radical (unpaired) electrons. The number of nitrogen functional groups attached to an aromatic ring is 1. The van der Waals surface area contributed by atoms with Crippen molar-refractivity contribution in [1.29, 1.82) is 0 Å². The maximum absolute atomic E-state index is 13.9. The van der Waals surface area contributed by atoms with Gasteiger partial charge in [-0.25, -0.2) is 9.07 Å². The van der Waals surface area contributed by atoms with Crippen molar-refractivity contribution in [3.8, 4) is 17.1 Å². The number of para-hydroxylation sites is 1. The van der Waals surface area contributed by atoms with Gasteiger partial charge in [-0.05, 0) is 25.1 Å². The molecule has 0 bridgehead atoms. The van der Waals surface area contributed by atoms with Gasteiger partial charge < -0.3 is 10.6 Å². The summed E-state index contributed by atoms with van der Waals surface area (Å²) in [6.45, 7) is 1.90. The molecule has 0 saturated heterocycles. The molecule has 1 heterocycles. The molecular weight excluding hydrogens is 327 g/mol. The maximum Gasteiger partial charge on any atom is 0.210 e. The number of nitrogens with two attached hydrogens (primary N) is 1. The van der Waals surface area contributed by atoms with E-state index in [-0.39, 0.29) is 11.1 Å². The lowest BCUT2D eigenvalue weighted by Crippen LogP contribution is -2.12. The van der Waals surface area contributed by atoms with Crippen molar-refractivity contribution >= 4 is 11.8 Å². The highest BCUT2D eigenvalue weighted by molar-refractivity contribution is 7.99. The van der Waals surface area contributed by atoms with Crippen LogP contribution in [0.1, 0.15) is 17.7 Å². The summed E-state index contributed by atoms with van der Waals surface area (Å²) < 4.78 is 20.6. The van der Waals surface area contributed by atoms with Gasteiger partial charge in [-0.15, -0.1) is 10.2 Å². The lowest BCUT2D eigenvalue weighted by molar-refractivity contribution is 0.416. The van der Waals surface area contributed by atoms with Crippen molar-refractivity contribution in [2.75, 3.05) is 13.0 Å². The van der Waals surface area contributed by atoms with E-state index in [0.29, 0.717) is 22.3 Å².